The molecule has 0 aromatic heterocycles. The second-order valence-electron chi connectivity index (χ2n) is 6.12. The van der Waals surface area contributed by atoms with Crippen LogP contribution in [-0.2, 0) is 16.1 Å². The van der Waals surface area contributed by atoms with Gasteiger partial charge in [0.2, 0.25) is 11.7 Å². The molecule has 126 valence electrons. The van der Waals surface area contributed by atoms with Gasteiger partial charge in [0.05, 0.1) is 6.04 Å². The van der Waals surface area contributed by atoms with Crippen LogP contribution in [0.3, 0.4) is 0 Å². The maximum Gasteiger partial charge on any atom is 0.223 e. The highest BCUT2D eigenvalue weighted by atomic mass is 35.5. The van der Waals surface area contributed by atoms with E-state index in [0.717, 1.165) is 29.9 Å². The molecule has 0 aliphatic carbocycles. The maximum atomic E-state index is 12.9. The number of benzene rings is 1. The Morgan fingerprint density at radius 2 is 1.96 bits per heavy atom. The van der Waals surface area contributed by atoms with Gasteiger partial charge in [0.15, 0.2) is 0 Å². The van der Waals surface area contributed by atoms with E-state index in [0.29, 0.717) is 29.3 Å². The number of carbonyl (C=O) groups excluding carboxylic acids is 2. The molecule has 2 aliphatic rings. The lowest BCUT2D eigenvalue weighted by Crippen LogP contribution is -2.41. The van der Waals surface area contributed by atoms with Crippen molar-refractivity contribution in [2.45, 2.75) is 38.3 Å². The van der Waals surface area contributed by atoms with E-state index in [9.17, 15) is 14.9 Å². The number of amides is 1. The largest absolute Gasteiger partial charge is 0.328 e. The van der Waals surface area contributed by atoms with Crippen LogP contribution in [0.4, 0.5) is 0 Å². The lowest BCUT2D eigenvalue weighted by molar-refractivity contribution is -0.132. The Hall–Kier alpha value is -1.64. The summed E-state index contributed by atoms with van der Waals surface area (Å²) in [6, 6.07) is 8.95. The predicted octanol–water partition coefficient (Wildman–Crippen LogP) is 3.16. The lowest BCUT2D eigenvalue weighted by Gasteiger charge is -2.24. The zero-order chi connectivity index (χ0) is 17.1. The van der Waals surface area contributed by atoms with Crippen molar-refractivity contribution < 1.29 is 9.59 Å². The highest BCUT2D eigenvalue weighted by Crippen LogP contribution is 2.30. The molecular formula is C18H19ClN2O2S. The molecule has 4 nitrogen and oxygen atoms in total. The molecule has 24 heavy (non-hydrogen) atoms. The molecule has 0 spiro atoms. The minimum absolute atomic E-state index is 0.0182. The topological polar surface area (TPSA) is 61.2 Å². The zero-order valence-corrected chi connectivity index (χ0v) is 14.9. The number of nitriles is 1. The third-order valence-electron chi connectivity index (χ3n) is 4.54. The van der Waals surface area contributed by atoms with Gasteiger partial charge < -0.3 is 4.90 Å². The Balaban J connectivity index is 1.82. The van der Waals surface area contributed by atoms with Crippen molar-refractivity contribution >= 4 is 38.6 Å². The number of Topliss-reactive ketones (excluding diaryl/α,β-unsaturated/α-hetero) is 1. The Morgan fingerprint density at radius 3 is 2.58 bits per heavy atom. The molecule has 1 aromatic carbocycles. The SMILES string of the molecule is N#CC(C(=O)C1CCC(=O)N1Cc1ccc(Cl)cc1)=S1CCCC1. The van der Waals surface area contributed by atoms with Gasteiger partial charge in [0.1, 0.15) is 10.9 Å². The number of halogens is 1. The molecular weight excluding hydrogens is 344 g/mol. The van der Waals surface area contributed by atoms with Gasteiger partial charge in [0.25, 0.3) is 0 Å². The van der Waals surface area contributed by atoms with Gasteiger partial charge in [-0.25, -0.2) is 0 Å². The first kappa shape index (κ1) is 17.2. The second kappa shape index (κ2) is 7.50. The number of carbonyl (C=O) groups is 2. The van der Waals surface area contributed by atoms with Crippen LogP contribution in [0.25, 0.3) is 0 Å². The number of likely N-dealkylation sites (tertiary alicyclic amines) is 1. The fourth-order valence-electron chi connectivity index (χ4n) is 3.26. The summed E-state index contributed by atoms with van der Waals surface area (Å²) in [6.45, 7) is 0.388. The molecule has 2 aliphatic heterocycles. The Bertz CT molecular complexity index is 728. The minimum Gasteiger partial charge on any atom is -0.328 e. The molecule has 1 amide bonds. The van der Waals surface area contributed by atoms with E-state index < -0.39 is 6.04 Å². The van der Waals surface area contributed by atoms with Gasteiger partial charge in [-0.1, -0.05) is 23.7 Å². The van der Waals surface area contributed by atoms with Gasteiger partial charge in [-0.3, -0.25) is 9.59 Å². The fraction of sp³-hybridized carbons (Fsp3) is 0.444. The van der Waals surface area contributed by atoms with Crippen LogP contribution < -0.4 is 0 Å². The highest BCUT2D eigenvalue weighted by molar-refractivity contribution is 8.17. The Kier molecular flexibility index (Phi) is 5.37. The van der Waals surface area contributed by atoms with Gasteiger partial charge in [0, 0.05) is 18.0 Å². The smallest absolute Gasteiger partial charge is 0.223 e. The fourth-order valence-corrected chi connectivity index (χ4v) is 5.66. The van der Waals surface area contributed by atoms with Crippen LogP contribution in [-0.4, -0.2) is 39.0 Å². The van der Waals surface area contributed by atoms with E-state index in [4.69, 9.17) is 11.6 Å². The van der Waals surface area contributed by atoms with Crippen molar-refractivity contribution in [3.05, 3.63) is 34.9 Å². The third kappa shape index (κ3) is 3.55. The molecule has 6 heteroatoms. The summed E-state index contributed by atoms with van der Waals surface area (Å²) in [7, 11) is -0.216. The summed E-state index contributed by atoms with van der Waals surface area (Å²) in [5.41, 5.74) is 0.939. The molecule has 0 radical (unpaired) electrons. The number of rotatable bonds is 4. The van der Waals surface area contributed by atoms with E-state index in [1.807, 2.05) is 12.1 Å². The molecule has 0 N–H and O–H groups in total. The molecule has 2 heterocycles. The predicted molar refractivity (Wildman–Crippen MR) is 97.2 cm³/mol. The van der Waals surface area contributed by atoms with E-state index in [-0.39, 0.29) is 22.2 Å². The summed E-state index contributed by atoms with van der Waals surface area (Å²) >= 11 is 5.90. The quantitative estimate of drug-likeness (QED) is 0.773. The van der Waals surface area contributed by atoms with Crippen molar-refractivity contribution in [2.75, 3.05) is 11.5 Å². The first-order valence-corrected chi connectivity index (χ1v) is 10.1. The van der Waals surface area contributed by atoms with E-state index >= 15 is 0 Å². The van der Waals surface area contributed by atoms with Crippen molar-refractivity contribution in [3.8, 4) is 6.07 Å². The first-order valence-electron chi connectivity index (χ1n) is 8.13. The Morgan fingerprint density at radius 1 is 1.29 bits per heavy atom. The van der Waals surface area contributed by atoms with Crippen LogP contribution in [0.2, 0.25) is 5.02 Å². The average Bonchev–Trinajstić information content (AvgIpc) is 3.21. The monoisotopic (exact) mass is 362 g/mol. The normalized spacial score (nSPS) is 21.1. The van der Waals surface area contributed by atoms with Gasteiger partial charge in [-0.15, -0.1) is 0 Å². The molecule has 1 aromatic rings. The van der Waals surface area contributed by atoms with Crippen molar-refractivity contribution in [3.63, 3.8) is 0 Å². The standard InChI is InChI=1S/C18H19ClN2O2S/c19-14-5-3-13(4-6-14)12-21-15(7-8-17(21)22)18(23)16(11-20)24-9-1-2-10-24/h3-6,15H,1-2,7-10,12H2. The molecule has 1 atom stereocenters. The first-order chi connectivity index (χ1) is 11.6. The van der Waals surface area contributed by atoms with Gasteiger partial charge in [-0.05, 0) is 48.5 Å². The third-order valence-corrected chi connectivity index (χ3v) is 7.23. The molecule has 1 unspecified atom stereocenters. The molecule has 2 fully saturated rings. The summed E-state index contributed by atoms with van der Waals surface area (Å²) < 4.78 is 0. The summed E-state index contributed by atoms with van der Waals surface area (Å²) in [4.78, 5) is 27.2. The number of ketones is 1. The molecule has 3 rings (SSSR count). The average molecular weight is 363 g/mol. The van der Waals surface area contributed by atoms with Gasteiger partial charge >= 0.3 is 0 Å². The van der Waals surface area contributed by atoms with E-state index in [1.54, 1.807) is 17.0 Å². The number of hydrogen-bond donors (Lipinski definition) is 0. The zero-order valence-electron chi connectivity index (χ0n) is 13.3. The summed E-state index contributed by atoms with van der Waals surface area (Å²) in [5.74, 6) is 1.72. The summed E-state index contributed by atoms with van der Waals surface area (Å²) in [6.07, 6.45) is 3.05. The number of hydrogen-bond acceptors (Lipinski definition) is 3. The number of nitrogens with zero attached hydrogens (tertiary/aromatic N) is 2. The van der Waals surface area contributed by atoms with Gasteiger partial charge in [-0.2, -0.15) is 15.7 Å². The van der Waals surface area contributed by atoms with Crippen LogP contribution in [0.15, 0.2) is 24.3 Å². The molecule has 0 saturated carbocycles. The Labute approximate surface area is 149 Å². The van der Waals surface area contributed by atoms with Crippen LogP contribution in [0, 0.1) is 11.3 Å². The van der Waals surface area contributed by atoms with E-state index in [1.165, 1.54) is 0 Å². The highest BCUT2D eigenvalue weighted by Gasteiger charge is 2.38. The van der Waals surface area contributed by atoms with Crippen molar-refractivity contribution in [1.82, 2.24) is 4.90 Å². The minimum atomic E-state index is -0.490. The molecule has 2 saturated heterocycles. The van der Waals surface area contributed by atoms with Crippen molar-refractivity contribution in [2.24, 2.45) is 0 Å². The molecule has 0 bridgehead atoms. The van der Waals surface area contributed by atoms with Crippen LogP contribution in [0.5, 0.6) is 0 Å². The van der Waals surface area contributed by atoms with Crippen molar-refractivity contribution in [1.29, 1.82) is 5.26 Å². The second-order valence-corrected chi connectivity index (χ2v) is 8.76. The van der Waals surface area contributed by atoms with E-state index in [2.05, 4.69) is 6.07 Å². The summed E-state index contributed by atoms with van der Waals surface area (Å²) in [5, 5.41) is 10.1. The van der Waals surface area contributed by atoms with Crippen LogP contribution >= 0.6 is 22.1 Å². The maximum absolute atomic E-state index is 12.9. The van der Waals surface area contributed by atoms with Crippen LogP contribution in [0.1, 0.15) is 31.2 Å². The lowest BCUT2D eigenvalue weighted by atomic mass is 10.1.